The number of esters is 1. The molecule has 1 saturated heterocycles. The number of hydrogen-bond donors (Lipinski definition) is 0. The molecule has 0 N–H and O–H groups in total. The molecule has 4 rings (SSSR count). The van der Waals surface area contributed by atoms with E-state index in [9.17, 15) is 14.4 Å². The molecule has 1 aromatic carbocycles. The maximum Gasteiger partial charge on any atom is 0.338 e. The van der Waals surface area contributed by atoms with E-state index in [2.05, 4.69) is 31.7 Å². The highest BCUT2D eigenvalue weighted by molar-refractivity contribution is 5.98. The van der Waals surface area contributed by atoms with E-state index in [1.165, 1.54) is 5.56 Å². The van der Waals surface area contributed by atoms with Crippen LogP contribution in [0.1, 0.15) is 107 Å². The third-order valence-corrected chi connectivity index (χ3v) is 9.52. The van der Waals surface area contributed by atoms with Crippen LogP contribution in [0, 0.1) is 18.3 Å². The standard InChI is InChI=1S/C31H44N2O4/c1-7-20(4)28(34)22(6)27(8-2)33-17-16-31(30(33)36)14-12-24(13-15-31)32(9-3)18-23-10-11-25-26(21(23)5)19-37-29(25)35/h10-11,20,24H,7-9,12-19H2,1-6H3/b27-22+. The van der Waals surface area contributed by atoms with Gasteiger partial charge < -0.3 is 9.64 Å². The quantitative estimate of drug-likeness (QED) is 0.305. The van der Waals surface area contributed by atoms with Gasteiger partial charge in [0, 0.05) is 41.9 Å². The van der Waals surface area contributed by atoms with Gasteiger partial charge >= 0.3 is 5.97 Å². The molecule has 2 fully saturated rings. The first-order chi connectivity index (χ1) is 17.7. The van der Waals surface area contributed by atoms with E-state index in [1.807, 2.05) is 31.7 Å². The van der Waals surface area contributed by atoms with Crippen LogP contribution in [0.15, 0.2) is 23.4 Å². The van der Waals surface area contributed by atoms with Crippen molar-refractivity contribution in [1.82, 2.24) is 9.80 Å². The number of ketones is 1. The number of rotatable bonds is 9. The second-order valence-corrected chi connectivity index (χ2v) is 11.3. The van der Waals surface area contributed by atoms with Crippen LogP contribution in [-0.4, -0.2) is 46.6 Å². The minimum Gasteiger partial charge on any atom is -0.457 e. The molecule has 0 radical (unpaired) electrons. The molecule has 1 aromatic rings. The van der Waals surface area contributed by atoms with E-state index in [0.29, 0.717) is 24.6 Å². The molecule has 1 atom stereocenters. The van der Waals surface area contributed by atoms with E-state index >= 15 is 0 Å². The summed E-state index contributed by atoms with van der Waals surface area (Å²) in [5.74, 6) is 0.186. The van der Waals surface area contributed by atoms with Crippen LogP contribution in [0.25, 0.3) is 0 Å². The lowest BCUT2D eigenvalue weighted by atomic mass is 9.71. The number of likely N-dealkylation sites (tertiary alicyclic amines) is 1. The van der Waals surface area contributed by atoms with E-state index < -0.39 is 0 Å². The molecular formula is C31H44N2O4. The van der Waals surface area contributed by atoms with E-state index in [0.717, 1.165) is 80.6 Å². The summed E-state index contributed by atoms with van der Waals surface area (Å²) in [7, 11) is 0. The Morgan fingerprint density at radius 2 is 1.86 bits per heavy atom. The first-order valence-corrected chi connectivity index (χ1v) is 14.3. The van der Waals surface area contributed by atoms with Crippen LogP contribution in [0.4, 0.5) is 0 Å². The third kappa shape index (κ3) is 5.01. The van der Waals surface area contributed by atoms with Crippen molar-refractivity contribution in [2.75, 3.05) is 13.1 Å². The average Bonchev–Trinajstić information content (AvgIpc) is 3.44. The summed E-state index contributed by atoms with van der Waals surface area (Å²) in [4.78, 5) is 43.1. The number of ether oxygens (including phenoxy) is 1. The fourth-order valence-corrected chi connectivity index (χ4v) is 6.71. The van der Waals surface area contributed by atoms with Crippen LogP contribution >= 0.6 is 0 Å². The van der Waals surface area contributed by atoms with Crippen molar-refractivity contribution < 1.29 is 19.1 Å². The van der Waals surface area contributed by atoms with Crippen molar-refractivity contribution in [2.45, 2.75) is 106 Å². The van der Waals surface area contributed by atoms with Gasteiger partial charge in [0.25, 0.3) is 0 Å². The minimum atomic E-state index is -0.281. The van der Waals surface area contributed by atoms with Gasteiger partial charge in [-0.05, 0) is 82.5 Å². The van der Waals surface area contributed by atoms with Crippen molar-refractivity contribution in [1.29, 1.82) is 0 Å². The van der Waals surface area contributed by atoms with Gasteiger partial charge in [0.2, 0.25) is 5.91 Å². The van der Waals surface area contributed by atoms with Gasteiger partial charge in [0.05, 0.1) is 11.0 Å². The monoisotopic (exact) mass is 508 g/mol. The third-order valence-electron chi connectivity index (χ3n) is 9.52. The topological polar surface area (TPSA) is 66.9 Å². The SMILES string of the molecule is CC/C(=C(/C)C(=O)C(C)CC)N1CCC2(CCC(N(CC)Cc3ccc4c(c3C)COC4=O)CC2)C1=O. The molecule has 6 nitrogen and oxygen atoms in total. The lowest BCUT2D eigenvalue weighted by Crippen LogP contribution is -2.43. The molecule has 202 valence electrons. The zero-order valence-corrected chi connectivity index (χ0v) is 23.6. The highest BCUT2D eigenvalue weighted by Crippen LogP contribution is 2.47. The first kappa shape index (κ1) is 27.6. The number of hydrogen-bond acceptors (Lipinski definition) is 5. The second kappa shape index (κ2) is 11.1. The van der Waals surface area contributed by atoms with Crippen LogP contribution in [-0.2, 0) is 27.5 Å². The molecule has 37 heavy (non-hydrogen) atoms. The number of Topliss-reactive ketones (excluding diaryl/α,β-unsaturated/α-hetero) is 1. The largest absolute Gasteiger partial charge is 0.457 e. The number of fused-ring (bicyclic) bond motifs is 1. The molecule has 1 aliphatic carbocycles. The van der Waals surface area contributed by atoms with Crippen molar-refractivity contribution in [3.05, 3.63) is 45.7 Å². The highest BCUT2D eigenvalue weighted by Gasteiger charge is 2.49. The number of nitrogens with zero attached hydrogens (tertiary/aromatic N) is 2. The molecule has 0 bridgehead atoms. The van der Waals surface area contributed by atoms with Crippen LogP contribution in [0.5, 0.6) is 0 Å². The van der Waals surface area contributed by atoms with Crippen molar-refractivity contribution in [2.24, 2.45) is 11.3 Å². The van der Waals surface area contributed by atoms with Gasteiger partial charge in [-0.3, -0.25) is 14.5 Å². The fraction of sp³-hybridized carbons (Fsp3) is 0.645. The number of benzene rings is 1. The molecule has 3 aliphatic rings. The lowest BCUT2D eigenvalue weighted by molar-refractivity contribution is -0.136. The van der Waals surface area contributed by atoms with Gasteiger partial charge in [-0.2, -0.15) is 0 Å². The van der Waals surface area contributed by atoms with Crippen molar-refractivity contribution in [3.63, 3.8) is 0 Å². The Morgan fingerprint density at radius 3 is 2.49 bits per heavy atom. The normalized spacial score (nSPS) is 24.9. The van der Waals surface area contributed by atoms with Gasteiger partial charge in [-0.25, -0.2) is 4.79 Å². The van der Waals surface area contributed by atoms with Gasteiger partial charge in [-0.15, -0.1) is 0 Å². The zero-order chi connectivity index (χ0) is 26.9. The molecule has 2 heterocycles. The molecule has 0 aromatic heterocycles. The molecule has 1 spiro atoms. The summed E-state index contributed by atoms with van der Waals surface area (Å²) in [6, 6.07) is 4.43. The number of carbonyl (C=O) groups excluding carboxylic acids is 3. The Kier molecular flexibility index (Phi) is 8.27. The Morgan fingerprint density at radius 1 is 1.16 bits per heavy atom. The zero-order valence-electron chi connectivity index (χ0n) is 23.6. The molecular weight excluding hydrogens is 464 g/mol. The fourth-order valence-electron chi connectivity index (χ4n) is 6.71. The second-order valence-electron chi connectivity index (χ2n) is 11.3. The number of cyclic esters (lactones) is 1. The van der Waals surface area contributed by atoms with Crippen LogP contribution in [0.3, 0.4) is 0 Å². The number of amides is 1. The predicted octanol–water partition coefficient (Wildman–Crippen LogP) is 5.95. The summed E-state index contributed by atoms with van der Waals surface area (Å²) < 4.78 is 5.24. The Labute approximate surface area is 222 Å². The highest BCUT2D eigenvalue weighted by atomic mass is 16.5. The molecule has 6 heteroatoms. The summed E-state index contributed by atoms with van der Waals surface area (Å²) in [6.45, 7) is 15.2. The maximum atomic E-state index is 13.8. The molecule has 1 saturated carbocycles. The minimum absolute atomic E-state index is 0.00833. The summed E-state index contributed by atoms with van der Waals surface area (Å²) in [6.07, 6.45) is 6.24. The number of allylic oxidation sites excluding steroid dienone is 2. The van der Waals surface area contributed by atoms with E-state index in [4.69, 9.17) is 4.74 Å². The van der Waals surface area contributed by atoms with Gasteiger partial charge in [0.1, 0.15) is 6.61 Å². The van der Waals surface area contributed by atoms with Crippen molar-refractivity contribution in [3.8, 4) is 0 Å². The summed E-state index contributed by atoms with van der Waals surface area (Å²) in [5.41, 5.74) is 5.56. The van der Waals surface area contributed by atoms with Gasteiger partial charge in [-0.1, -0.05) is 33.8 Å². The summed E-state index contributed by atoms with van der Waals surface area (Å²) in [5, 5.41) is 0. The number of carbonyl (C=O) groups is 3. The smallest absolute Gasteiger partial charge is 0.338 e. The first-order valence-electron chi connectivity index (χ1n) is 14.3. The molecule has 1 amide bonds. The molecule has 1 unspecified atom stereocenters. The van der Waals surface area contributed by atoms with E-state index in [1.54, 1.807) is 0 Å². The van der Waals surface area contributed by atoms with Crippen LogP contribution < -0.4 is 0 Å². The Bertz CT molecular complexity index is 1100. The summed E-state index contributed by atoms with van der Waals surface area (Å²) >= 11 is 0. The lowest BCUT2D eigenvalue weighted by Gasteiger charge is -2.41. The Balaban J connectivity index is 1.44. The van der Waals surface area contributed by atoms with E-state index in [-0.39, 0.29) is 29.0 Å². The Hall–Kier alpha value is -2.47. The maximum absolute atomic E-state index is 13.8. The predicted molar refractivity (Wildman–Crippen MR) is 145 cm³/mol. The van der Waals surface area contributed by atoms with Crippen LogP contribution in [0.2, 0.25) is 0 Å². The van der Waals surface area contributed by atoms with Gasteiger partial charge in [0.15, 0.2) is 5.78 Å². The average molecular weight is 509 g/mol. The molecule has 2 aliphatic heterocycles. The van der Waals surface area contributed by atoms with Crippen molar-refractivity contribution >= 4 is 17.7 Å².